The van der Waals surface area contributed by atoms with E-state index >= 15 is 0 Å². The topological polar surface area (TPSA) is 13.1 Å². The Morgan fingerprint density at radius 1 is 1.14 bits per heavy atom. The van der Waals surface area contributed by atoms with Crippen molar-refractivity contribution in [1.82, 2.24) is 0 Å². The maximum atomic E-state index is 5.54. The van der Waals surface area contributed by atoms with Gasteiger partial charge in [-0.3, -0.25) is 0 Å². The Morgan fingerprint density at radius 2 is 2.00 bits per heavy atom. The zero-order valence-corrected chi connectivity index (χ0v) is 8.21. The van der Waals surface area contributed by atoms with Gasteiger partial charge in [-0.1, -0.05) is 24.3 Å². The lowest BCUT2D eigenvalue weighted by Crippen LogP contribution is -2.01. The van der Waals surface area contributed by atoms with Crippen LogP contribution in [0.25, 0.3) is 11.1 Å². The van der Waals surface area contributed by atoms with Crippen molar-refractivity contribution >= 4 is 0 Å². The van der Waals surface area contributed by atoms with E-state index in [4.69, 9.17) is 4.42 Å². The zero-order valence-electron chi connectivity index (χ0n) is 8.21. The molecule has 1 aromatic heterocycles. The number of fused-ring (bicyclic) bond motifs is 3. The van der Waals surface area contributed by atoms with Crippen molar-refractivity contribution in [2.24, 2.45) is 0 Å². The van der Waals surface area contributed by atoms with E-state index in [1.807, 2.05) is 6.26 Å². The Hall–Kier alpha value is -1.50. The Morgan fingerprint density at radius 3 is 2.93 bits per heavy atom. The predicted octanol–water partition coefficient (Wildman–Crippen LogP) is 3.35. The first kappa shape index (κ1) is 7.86. The van der Waals surface area contributed by atoms with Crippen molar-refractivity contribution in [3.63, 3.8) is 0 Å². The first-order chi connectivity index (χ1) is 6.86. The third kappa shape index (κ3) is 0.955. The van der Waals surface area contributed by atoms with Gasteiger partial charge in [-0.25, -0.2) is 0 Å². The van der Waals surface area contributed by atoms with Gasteiger partial charge < -0.3 is 4.42 Å². The van der Waals surface area contributed by atoms with Gasteiger partial charge >= 0.3 is 0 Å². The average Bonchev–Trinajstić information content (AvgIpc) is 2.61. The van der Waals surface area contributed by atoms with E-state index in [9.17, 15) is 0 Å². The van der Waals surface area contributed by atoms with Crippen molar-refractivity contribution < 1.29 is 4.42 Å². The maximum absolute atomic E-state index is 5.54. The van der Waals surface area contributed by atoms with Crippen LogP contribution in [0.15, 0.2) is 34.9 Å². The molecule has 3 rings (SSSR count). The van der Waals surface area contributed by atoms with Crippen molar-refractivity contribution in [2.75, 3.05) is 0 Å². The molecule has 0 radical (unpaired) electrons. The lowest BCUT2D eigenvalue weighted by atomic mass is 9.88. The smallest absolute Gasteiger partial charge is 0.112 e. The second-order valence-corrected chi connectivity index (χ2v) is 3.87. The summed E-state index contributed by atoms with van der Waals surface area (Å²) in [5.41, 5.74) is 5.39. The number of rotatable bonds is 0. The SMILES string of the molecule is Cc1coc2c1-c1ccccc1CC2. The van der Waals surface area contributed by atoms with Crippen LogP contribution in [0.4, 0.5) is 0 Å². The van der Waals surface area contributed by atoms with Crippen LogP contribution in [0.2, 0.25) is 0 Å². The Bertz CT molecular complexity index is 480. The van der Waals surface area contributed by atoms with Crippen LogP contribution < -0.4 is 0 Å². The summed E-state index contributed by atoms with van der Waals surface area (Å²) in [6.07, 6.45) is 4.02. The first-order valence-corrected chi connectivity index (χ1v) is 5.01. The molecule has 0 saturated carbocycles. The molecule has 70 valence electrons. The zero-order chi connectivity index (χ0) is 9.54. The van der Waals surface area contributed by atoms with E-state index in [1.165, 1.54) is 22.3 Å². The highest BCUT2D eigenvalue weighted by Crippen LogP contribution is 2.36. The van der Waals surface area contributed by atoms with Crippen LogP contribution in [-0.2, 0) is 12.8 Å². The minimum absolute atomic E-state index is 1.04. The molecule has 1 heteroatoms. The van der Waals surface area contributed by atoms with Crippen LogP contribution in [0.1, 0.15) is 16.9 Å². The van der Waals surface area contributed by atoms with E-state index < -0.39 is 0 Å². The van der Waals surface area contributed by atoms with Crippen molar-refractivity contribution in [3.05, 3.63) is 47.4 Å². The van der Waals surface area contributed by atoms with E-state index in [1.54, 1.807) is 0 Å². The molecular weight excluding hydrogens is 172 g/mol. The molecule has 0 atom stereocenters. The molecule has 1 heterocycles. The largest absolute Gasteiger partial charge is 0.468 e. The number of hydrogen-bond acceptors (Lipinski definition) is 1. The van der Waals surface area contributed by atoms with E-state index in [2.05, 4.69) is 31.2 Å². The molecule has 14 heavy (non-hydrogen) atoms. The summed E-state index contributed by atoms with van der Waals surface area (Å²) in [5, 5.41) is 0. The molecule has 0 fully saturated rings. The summed E-state index contributed by atoms with van der Waals surface area (Å²) in [6, 6.07) is 8.61. The summed E-state index contributed by atoms with van der Waals surface area (Å²) in [7, 11) is 0. The van der Waals surface area contributed by atoms with Gasteiger partial charge in [0.1, 0.15) is 5.76 Å². The maximum Gasteiger partial charge on any atom is 0.112 e. The highest BCUT2D eigenvalue weighted by atomic mass is 16.3. The van der Waals surface area contributed by atoms with Crippen LogP contribution in [0.3, 0.4) is 0 Å². The minimum Gasteiger partial charge on any atom is -0.468 e. The molecule has 1 aromatic carbocycles. The van der Waals surface area contributed by atoms with Crippen molar-refractivity contribution in [2.45, 2.75) is 19.8 Å². The van der Waals surface area contributed by atoms with Gasteiger partial charge in [0, 0.05) is 12.0 Å². The third-order valence-corrected chi connectivity index (χ3v) is 2.96. The first-order valence-electron chi connectivity index (χ1n) is 5.01. The normalized spacial score (nSPS) is 13.5. The summed E-state index contributed by atoms with van der Waals surface area (Å²) < 4.78 is 5.54. The molecule has 2 aromatic rings. The molecule has 1 aliphatic carbocycles. The summed E-state index contributed by atoms with van der Waals surface area (Å²) in [5.74, 6) is 1.15. The molecule has 1 nitrogen and oxygen atoms in total. The number of aryl methyl sites for hydroxylation is 3. The summed E-state index contributed by atoms with van der Waals surface area (Å²) in [4.78, 5) is 0. The molecule has 1 aliphatic rings. The fraction of sp³-hybridized carbons (Fsp3) is 0.231. The lowest BCUT2D eigenvalue weighted by molar-refractivity contribution is 0.506. The van der Waals surface area contributed by atoms with E-state index in [-0.39, 0.29) is 0 Å². The van der Waals surface area contributed by atoms with Crippen LogP contribution >= 0.6 is 0 Å². The highest BCUT2D eigenvalue weighted by molar-refractivity contribution is 5.74. The number of furan rings is 1. The lowest BCUT2D eigenvalue weighted by Gasteiger charge is -2.15. The molecule has 0 bridgehead atoms. The van der Waals surface area contributed by atoms with Crippen LogP contribution in [0, 0.1) is 6.92 Å². The summed E-state index contributed by atoms with van der Waals surface area (Å²) in [6.45, 7) is 2.12. The summed E-state index contributed by atoms with van der Waals surface area (Å²) >= 11 is 0. The average molecular weight is 184 g/mol. The quantitative estimate of drug-likeness (QED) is 0.612. The molecule has 0 saturated heterocycles. The number of hydrogen-bond donors (Lipinski definition) is 0. The fourth-order valence-corrected chi connectivity index (χ4v) is 2.27. The van der Waals surface area contributed by atoms with Crippen molar-refractivity contribution in [1.29, 1.82) is 0 Å². The molecule has 0 aliphatic heterocycles. The predicted molar refractivity (Wildman–Crippen MR) is 56.3 cm³/mol. The van der Waals surface area contributed by atoms with E-state index in [0.29, 0.717) is 0 Å². The molecule has 0 unspecified atom stereocenters. The Labute approximate surface area is 83.4 Å². The second kappa shape index (κ2) is 2.74. The number of benzene rings is 1. The van der Waals surface area contributed by atoms with Gasteiger partial charge in [0.25, 0.3) is 0 Å². The van der Waals surface area contributed by atoms with Gasteiger partial charge in [-0.15, -0.1) is 0 Å². The van der Waals surface area contributed by atoms with Gasteiger partial charge in [0.05, 0.1) is 6.26 Å². The Kier molecular flexibility index (Phi) is 1.54. The second-order valence-electron chi connectivity index (χ2n) is 3.87. The monoisotopic (exact) mass is 184 g/mol. The van der Waals surface area contributed by atoms with Gasteiger partial charge in [-0.05, 0) is 30.0 Å². The van der Waals surface area contributed by atoms with E-state index in [0.717, 1.165) is 18.6 Å². The van der Waals surface area contributed by atoms with Crippen molar-refractivity contribution in [3.8, 4) is 11.1 Å². The molecular formula is C13H12O. The fourth-order valence-electron chi connectivity index (χ4n) is 2.27. The molecule has 0 amide bonds. The Balaban J connectivity index is 2.32. The van der Waals surface area contributed by atoms with Gasteiger partial charge in [0.15, 0.2) is 0 Å². The highest BCUT2D eigenvalue weighted by Gasteiger charge is 2.19. The van der Waals surface area contributed by atoms with Gasteiger partial charge in [-0.2, -0.15) is 0 Å². The standard InChI is InChI=1S/C13H12O/c1-9-8-14-12-7-6-10-4-2-3-5-11(10)13(9)12/h2-5,8H,6-7H2,1H3. The van der Waals surface area contributed by atoms with Crippen LogP contribution in [0.5, 0.6) is 0 Å². The minimum atomic E-state index is 1.04. The molecule has 0 spiro atoms. The third-order valence-electron chi connectivity index (χ3n) is 2.96. The van der Waals surface area contributed by atoms with Gasteiger partial charge in [0.2, 0.25) is 0 Å². The van der Waals surface area contributed by atoms with Crippen LogP contribution in [-0.4, -0.2) is 0 Å². The molecule has 0 N–H and O–H groups in total.